The lowest BCUT2D eigenvalue weighted by molar-refractivity contribution is 0.458. The van der Waals surface area contributed by atoms with Crippen molar-refractivity contribution in [2.24, 2.45) is 0 Å². The summed E-state index contributed by atoms with van der Waals surface area (Å²) in [5.74, 6) is 0.605. The van der Waals surface area contributed by atoms with Crippen molar-refractivity contribution >= 4 is 17.4 Å². The quantitative estimate of drug-likeness (QED) is 0.841. The third-order valence-electron chi connectivity index (χ3n) is 2.52. The fourth-order valence-electron chi connectivity index (χ4n) is 1.43. The Bertz CT molecular complexity index is 492. The molecule has 0 atom stereocenters. The fourth-order valence-corrected chi connectivity index (χ4v) is 2.28. The average molecular weight is 266 g/mol. The van der Waals surface area contributed by atoms with E-state index < -0.39 is 0 Å². The molecule has 18 heavy (non-hydrogen) atoms. The molecule has 2 aromatic rings. The van der Waals surface area contributed by atoms with E-state index in [-0.39, 0.29) is 0 Å². The lowest BCUT2D eigenvalue weighted by Gasteiger charge is -2.03. The van der Waals surface area contributed by atoms with Gasteiger partial charge in [0.05, 0.1) is 6.54 Å². The van der Waals surface area contributed by atoms with E-state index in [1.807, 2.05) is 0 Å². The topological polar surface area (TPSA) is 63.0 Å². The molecule has 0 aliphatic rings. The highest BCUT2D eigenvalue weighted by molar-refractivity contribution is 7.08. The molecule has 0 saturated carbocycles. The van der Waals surface area contributed by atoms with Crippen LogP contribution in [0.3, 0.4) is 0 Å². The van der Waals surface area contributed by atoms with Crippen LogP contribution in [0.15, 0.2) is 15.2 Å². The molecule has 0 aliphatic carbocycles. The van der Waals surface area contributed by atoms with Gasteiger partial charge in [-0.3, -0.25) is 0 Å². The van der Waals surface area contributed by atoms with Crippen LogP contribution >= 0.6 is 11.3 Å². The highest BCUT2D eigenvalue weighted by atomic mass is 32.1. The molecule has 0 unspecified atom stereocenters. The standard InChI is InChI=1S/C12H18N4OS/c1-8(2)13-5-11-15-16-12(17-11)14-4-10-7-18-6-9(10)3/h6-8,13H,4-5H2,1-3H3,(H,14,16). The molecule has 0 fully saturated rings. The summed E-state index contributed by atoms with van der Waals surface area (Å²) in [5, 5.41) is 18.5. The summed E-state index contributed by atoms with van der Waals surface area (Å²) in [7, 11) is 0. The maximum Gasteiger partial charge on any atom is 0.315 e. The predicted octanol–water partition coefficient (Wildman–Crippen LogP) is 2.55. The fraction of sp³-hybridized carbons (Fsp3) is 0.500. The van der Waals surface area contributed by atoms with Gasteiger partial charge in [0, 0.05) is 12.6 Å². The molecule has 5 nitrogen and oxygen atoms in total. The van der Waals surface area contributed by atoms with Crippen LogP contribution in [0.2, 0.25) is 0 Å². The zero-order valence-electron chi connectivity index (χ0n) is 10.9. The van der Waals surface area contributed by atoms with Crippen molar-refractivity contribution in [1.82, 2.24) is 15.5 Å². The van der Waals surface area contributed by atoms with Gasteiger partial charge in [-0.25, -0.2) is 0 Å². The van der Waals surface area contributed by atoms with Gasteiger partial charge in [-0.15, -0.1) is 5.10 Å². The first kappa shape index (κ1) is 13.0. The Morgan fingerprint density at radius 1 is 1.28 bits per heavy atom. The summed E-state index contributed by atoms with van der Waals surface area (Å²) in [6.45, 7) is 7.57. The number of nitrogens with zero attached hydrogens (tertiary/aromatic N) is 2. The minimum absolute atomic E-state index is 0.404. The van der Waals surface area contributed by atoms with Gasteiger partial charge >= 0.3 is 6.01 Å². The molecule has 2 heterocycles. The summed E-state index contributed by atoms with van der Waals surface area (Å²) >= 11 is 1.70. The SMILES string of the molecule is Cc1cscc1CNc1nnc(CNC(C)C)o1. The number of rotatable bonds is 6. The Morgan fingerprint density at radius 2 is 2.11 bits per heavy atom. The van der Waals surface area contributed by atoms with Crippen molar-refractivity contribution in [3.63, 3.8) is 0 Å². The zero-order chi connectivity index (χ0) is 13.0. The van der Waals surface area contributed by atoms with Crippen LogP contribution in [0.25, 0.3) is 0 Å². The van der Waals surface area contributed by atoms with Crippen molar-refractivity contribution in [3.8, 4) is 0 Å². The lowest BCUT2D eigenvalue weighted by atomic mass is 10.2. The summed E-state index contributed by atoms with van der Waals surface area (Å²) < 4.78 is 5.48. The number of anilines is 1. The van der Waals surface area contributed by atoms with Crippen molar-refractivity contribution in [2.45, 2.75) is 39.9 Å². The minimum atomic E-state index is 0.404. The number of aromatic nitrogens is 2. The smallest absolute Gasteiger partial charge is 0.315 e. The van der Waals surface area contributed by atoms with Crippen LogP contribution in [0, 0.1) is 6.92 Å². The first-order valence-corrected chi connectivity index (χ1v) is 6.90. The average Bonchev–Trinajstić information content (AvgIpc) is 2.93. The molecule has 0 amide bonds. The molecule has 98 valence electrons. The van der Waals surface area contributed by atoms with Crippen molar-refractivity contribution < 1.29 is 4.42 Å². The van der Waals surface area contributed by atoms with Gasteiger partial charge in [0.2, 0.25) is 5.89 Å². The number of nitrogens with one attached hydrogen (secondary N) is 2. The maximum absolute atomic E-state index is 5.48. The van der Waals surface area contributed by atoms with Crippen LogP contribution in [-0.4, -0.2) is 16.2 Å². The van der Waals surface area contributed by atoms with Gasteiger partial charge in [0.1, 0.15) is 0 Å². The highest BCUT2D eigenvalue weighted by Crippen LogP contribution is 2.15. The second kappa shape index (κ2) is 5.97. The Hall–Kier alpha value is -1.40. The maximum atomic E-state index is 5.48. The van der Waals surface area contributed by atoms with E-state index in [0.29, 0.717) is 31.0 Å². The molecule has 2 rings (SSSR count). The van der Waals surface area contributed by atoms with E-state index in [9.17, 15) is 0 Å². The lowest BCUT2D eigenvalue weighted by Crippen LogP contribution is -2.21. The summed E-state index contributed by atoms with van der Waals surface area (Å²) in [6, 6.07) is 0.878. The van der Waals surface area contributed by atoms with Gasteiger partial charge in [-0.2, -0.15) is 11.3 Å². The predicted molar refractivity (Wildman–Crippen MR) is 72.7 cm³/mol. The van der Waals surface area contributed by atoms with E-state index in [4.69, 9.17) is 4.42 Å². The van der Waals surface area contributed by atoms with Crippen molar-refractivity contribution in [1.29, 1.82) is 0 Å². The van der Waals surface area contributed by atoms with Crippen molar-refractivity contribution in [3.05, 3.63) is 27.8 Å². The van der Waals surface area contributed by atoms with Crippen LogP contribution in [0.4, 0.5) is 6.01 Å². The van der Waals surface area contributed by atoms with E-state index in [1.165, 1.54) is 11.1 Å². The highest BCUT2D eigenvalue weighted by Gasteiger charge is 2.06. The van der Waals surface area contributed by atoms with Gasteiger partial charge < -0.3 is 15.1 Å². The Labute approximate surface area is 111 Å². The van der Waals surface area contributed by atoms with E-state index in [1.54, 1.807) is 11.3 Å². The number of thiophene rings is 1. The molecule has 0 aromatic carbocycles. The second-order valence-corrected chi connectivity index (χ2v) is 5.21. The Kier molecular flexibility index (Phi) is 4.33. The van der Waals surface area contributed by atoms with E-state index >= 15 is 0 Å². The summed E-state index contributed by atoms with van der Waals surface area (Å²) in [4.78, 5) is 0. The molecule has 0 saturated heterocycles. The van der Waals surface area contributed by atoms with E-state index in [2.05, 4.69) is 52.4 Å². The molecule has 0 radical (unpaired) electrons. The molecule has 0 aliphatic heterocycles. The normalized spacial score (nSPS) is 11.1. The number of hydrogen-bond donors (Lipinski definition) is 2. The van der Waals surface area contributed by atoms with E-state index in [0.717, 1.165) is 0 Å². The van der Waals surface area contributed by atoms with Gasteiger partial charge in [0.25, 0.3) is 0 Å². The third kappa shape index (κ3) is 3.54. The second-order valence-electron chi connectivity index (χ2n) is 4.47. The molecule has 0 bridgehead atoms. The number of hydrogen-bond acceptors (Lipinski definition) is 6. The number of aryl methyl sites for hydroxylation is 1. The first-order valence-electron chi connectivity index (χ1n) is 5.96. The van der Waals surface area contributed by atoms with Gasteiger partial charge in [0.15, 0.2) is 0 Å². The first-order chi connectivity index (χ1) is 8.65. The molecule has 2 N–H and O–H groups in total. The molecule has 2 aromatic heterocycles. The molecule has 0 spiro atoms. The van der Waals surface area contributed by atoms with Crippen LogP contribution in [0.1, 0.15) is 30.9 Å². The molecule has 6 heteroatoms. The zero-order valence-corrected chi connectivity index (χ0v) is 11.7. The van der Waals surface area contributed by atoms with Crippen molar-refractivity contribution in [2.75, 3.05) is 5.32 Å². The largest absolute Gasteiger partial charge is 0.407 e. The van der Waals surface area contributed by atoms with Crippen LogP contribution in [-0.2, 0) is 13.1 Å². The monoisotopic (exact) mass is 266 g/mol. The molecular weight excluding hydrogens is 248 g/mol. The van der Waals surface area contributed by atoms with Crippen LogP contribution < -0.4 is 10.6 Å². The third-order valence-corrected chi connectivity index (χ3v) is 3.43. The Morgan fingerprint density at radius 3 is 2.78 bits per heavy atom. The molecular formula is C12H18N4OS. The van der Waals surface area contributed by atoms with Gasteiger partial charge in [-0.05, 0) is 28.8 Å². The van der Waals surface area contributed by atoms with Gasteiger partial charge in [-0.1, -0.05) is 18.9 Å². The van der Waals surface area contributed by atoms with Crippen LogP contribution in [0.5, 0.6) is 0 Å². The summed E-state index contributed by atoms with van der Waals surface area (Å²) in [6.07, 6.45) is 0. The minimum Gasteiger partial charge on any atom is -0.407 e. The summed E-state index contributed by atoms with van der Waals surface area (Å²) in [5.41, 5.74) is 2.55. The Balaban J connectivity index is 1.85.